The Morgan fingerprint density at radius 1 is 1.54 bits per heavy atom. The number of hydrogen-bond acceptors (Lipinski definition) is 4. The summed E-state index contributed by atoms with van der Waals surface area (Å²) in [6, 6.07) is 0. The van der Waals surface area contributed by atoms with Crippen LogP contribution in [0.1, 0.15) is 12.8 Å². The van der Waals surface area contributed by atoms with Crippen molar-refractivity contribution < 1.29 is 19.0 Å². The van der Waals surface area contributed by atoms with E-state index in [0.29, 0.717) is 13.4 Å². The first kappa shape index (κ1) is 8.97. The molecule has 1 heterocycles. The molecule has 2 aliphatic rings. The predicted octanol–water partition coefficient (Wildman–Crippen LogP) is 0.558. The summed E-state index contributed by atoms with van der Waals surface area (Å²) >= 11 is 0. The zero-order valence-electron chi connectivity index (χ0n) is 7.69. The minimum absolute atomic E-state index is 0.0477. The SMILES string of the molecule is COCO[C@H]1CC[C@H]2C(=O)OC[C@@H]12. The standard InChI is InChI=1S/C9H14O4/c1-11-5-13-8-3-2-6-7(8)4-12-9(6)10/h6-8H,2-5H2,1H3/t6-,7-,8+/m1/s1. The number of fused-ring (bicyclic) bond motifs is 1. The van der Waals surface area contributed by atoms with Crippen molar-refractivity contribution in [3.63, 3.8) is 0 Å². The summed E-state index contributed by atoms with van der Waals surface area (Å²) in [5.74, 6) is 0.304. The fourth-order valence-electron chi connectivity index (χ4n) is 2.19. The molecule has 1 aliphatic heterocycles. The maximum atomic E-state index is 11.2. The Kier molecular flexibility index (Phi) is 2.51. The molecule has 0 aromatic heterocycles. The molecule has 74 valence electrons. The maximum absolute atomic E-state index is 11.2. The highest BCUT2D eigenvalue weighted by atomic mass is 16.7. The van der Waals surface area contributed by atoms with Gasteiger partial charge in [0, 0.05) is 13.0 Å². The number of rotatable bonds is 3. The van der Waals surface area contributed by atoms with Gasteiger partial charge in [-0.05, 0) is 12.8 Å². The second-order valence-corrected chi connectivity index (χ2v) is 3.59. The van der Waals surface area contributed by atoms with Crippen molar-refractivity contribution in [3.8, 4) is 0 Å². The quantitative estimate of drug-likeness (QED) is 0.477. The van der Waals surface area contributed by atoms with Gasteiger partial charge >= 0.3 is 5.97 Å². The van der Waals surface area contributed by atoms with E-state index in [1.54, 1.807) is 7.11 Å². The number of ether oxygens (including phenoxy) is 3. The van der Waals surface area contributed by atoms with Crippen molar-refractivity contribution in [3.05, 3.63) is 0 Å². The van der Waals surface area contributed by atoms with E-state index < -0.39 is 0 Å². The van der Waals surface area contributed by atoms with E-state index >= 15 is 0 Å². The fourth-order valence-corrected chi connectivity index (χ4v) is 2.19. The van der Waals surface area contributed by atoms with E-state index in [-0.39, 0.29) is 23.9 Å². The van der Waals surface area contributed by atoms with Crippen LogP contribution < -0.4 is 0 Å². The Labute approximate surface area is 77.1 Å². The molecule has 0 N–H and O–H groups in total. The van der Waals surface area contributed by atoms with Crippen LogP contribution in [-0.4, -0.2) is 32.6 Å². The predicted molar refractivity (Wildman–Crippen MR) is 43.9 cm³/mol. The molecule has 2 fully saturated rings. The average molecular weight is 186 g/mol. The van der Waals surface area contributed by atoms with E-state index in [0.717, 1.165) is 12.8 Å². The van der Waals surface area contributed by atoms with Gasteiger partial charge < -0.3 is 14.2 Å². The van der Waals surface area contributed by atoms with Gasteiger partial charge in [-0.25, -0.2) is 0 Å². The van der Waals surface area contributed by atoms with E-state index in [2.05, 4.69) is 0 Å². The van der Waals surface area contributed by atoms with E-state index in [4.69, 9.17) is 14.2 Å². The lowest BCUT2D eigenvalue weighted by molar-refractivity contribution is -0.141. The van der Waals surface area contributed by atoms with Crippen LogP contribution in [0.4, 0.5) is 0 Å². The van der Waals surface area contributed by atoms with Gasteiger partial charge in [-0.2, -0.15) is 0 Å². The minimum Gasteiger partial charge on any atom is -0.465 e. The normalized spacial score (nSPS) is 37.6. The lowest BCUT2D eigenvalue weighted by Crippen LogP contribution is -2.23. The molecule has 0 unspecified atom stereocenters. The van der Waals surface area contributed by atoms with E-state index in [1.165, 1.54) is 0 Å². The molecule has 1 saturated heterocycles. The van der Waals surface area contributed by atoms with Crippen molar-refractivity contribution in [2.75, 3.05) is 20.5 Å². The molecule has 3 atom stereocenters. The van der Waals surface area contributed by atoms with Crippen molar-refractivity contribution in [2.24, 2.45) is 11.8 Å². The first-order chi connectivity index (χ1) is 6.33. The highest BCUT2D eigenvalue weighted by molar-refractivity contribution is 5.75. The largest absolute Gasteiger partial charge is 0.465 e. The third kappa shape index (κ3) is 1.56. The molecule has 4 heteroatoms. The summed E-state index contributed by atoms with van der Waals surface area (Å²) in [6.07, 6.45) is 2.00. The molecule has 2 rings (SSSR count). The van der Waals surface area contributed by atoms with Gasteiger partial charge in [0.05, 0.1) is 18.6 Å². The van der Waals surface area contributed by atoms with Crippen molar-refractivity contribution in [2.45, 2.75) is 18.9 Å². The molecular weight excluding hydrogens is 172 g/mol. The third-order valence-electron chi connectivity index (χ3n) is 2.88. The summed E-state index contributed by atoms with van der Waals surface area (Å²) in [4.78, 5) is 11.2. The van der Waals surface area contributed by atoms with Gasteiger partial charge in [-0.1, -0.05) is 0 Å². The molecule has 0 amide bonds. The smallest absolute Gasteiger partial charge is 0.309 e. The Hall–Kier alpha value is -0.610. The van der Waals surface area contributed by atoms with Crippen molar-refractivity contribution >= 4 is 5.97 Å². The average Bonchev–Trinajstić information content (AvgIpc) is 2.67. The van der Waals surface area contributed by atoms with Crippen LogP contribution >= 0.6 is 0 Å². The van der Waals surface area contributed by atoms with Crippen LogP contribution in [0.2, 0.25) is 0 Å². The molecule has 0 aromatic carbocycles. The Bertz CT molecular complexity index is 204. The fraction of sp³-hybridized carbons (Fsp3) is 0.889. The van der Waals surface area contributed by atoms with Crippen molar-refractivity contribution in [1.82, 2.24) is 0 Å². The van der Waals surface area contributed by atoms with Crippen LogP contribution in [0, 0.1) is 11.8 Å². The van der Waals surface area contributed by atoms with Gasteiger partial charge in [-0.3, -0.25) is 4.79 Å². The molecule has 1 saturated carbocycles. The van der Waals surface area contributed by atoms with Crippen LogP contribution in [-0.2, 0) is 19.0 Å². The first-order valence-corrected chi connectivity index (χ1v) is 4.60. The highest BCUT2D eigenvalue weighted by Crippen LogP contribution is 2.39. The molecule has 0 bridgehead atoms. The minimum atomic E-state index is -0.0477. The van der Waals surface area contributed by atoms with E-state index in [1.807, 2.05) is 0 Å². The van der Waals surface area contributed by atoms with E-state index in [9.17, 15) is 4.79 Å². The Balaban J connectivity index is 1.91. The van der Waals surface area contributed by atoms with Gasteiger partial charge in [0.1, 0.15) is 6.79 Å². The summed E-state index contributed by atoms with van der Waals surface area (Å²) in [5.41, 5.74) is 0. The number of esters is 1. The van der Waals surface area contributed by atoms with Crippen LogP contribution in [0.5, 0.6) is 0 Å². The lowest BCUT2D eigenvalue weighted by atomic mass is 9.99. The van der Waals surface area contributed by atoms with Crippen LogP contribution in [0.3, 0.4) is 0 Å². The van der Waals surface area contributed by atoms with Crippen LogP contribution in [0.25, 0.3) is 0 Å². The summed E-state index contributed by atoms with van der Waals surface area (Å²) < 4.78 is 15.3. The van der Waals surface area contributed by atoms with Crippen molar-refractivity contribution in [1.29, 1.82) is 0 Å². The Morgan fingerprint density at radius 3 is 3.15 bits per heavy atom. The number of cyclic esters (lactones) is 1. The lowest BCUT2D eigenvalue weighted by Gasteiger charge is -2.15. The summed E-state index contributed by atoms with van der Waals surface area (Å²) in [6.45, 7) is 0.833. The topological polar surface area (TPSA) is 44.8 Å². The number of carbonyl (C=O) groups excluding carboxylic acids is 1. The number of hydrogen-bond donors (Lipinski definition) is 0. The second-order valence-electron chi connectivity index (χ2n) is 3.59. The second kappa shape index (κ2) is 3.64. The van der Waals surface area contributed by atoms with Gasteiger partial charge in [0.25, 0.3) is 0 Å². The monoisotopic (exact) mass is 186 g/mol. The molecule has 0 spiro atoms. The maximum Gasteiger partial charge on any atom is 0.309 e. The zero-order chi connectivity index (χ0) is 9.26. The molecule has 1 aliphatic carbocycles. The van der Waals surface area contributed by atoms with Crippen LogP contribution in [0.15, 0.2) is 0 Å². The van der Waals surface area contributed by atoms with Gasteiger partial charge in [-0.15, -0.1) is 0 Å². The molecular formula is C9H14O4. The number of carbonyl (C=O) groups is 1. The molecule has 0 aromatic rings. The zero-order valence-corrected chi connectivity index (χ0v) is 7.69. The number of methoxy groups -OCH3 is 1. The summed E-state index contributed by atoms with van der Waals surface area (Å²) in [7, 11) is 1.60. The molecule has 4 nitrogen and oxygen atoms in total. The summed E-state index contributed by atoms with van der Waals surface area (Å²) in [5, 5.41) is 0. The van der Waals surface area contributed by atoms with Gasteiger partial charge in [0.15, 0.2) is 0 Å². The molecule has 13 heavy (non-hydrogen) atoms. The van der Waals surface area contributed by atoms with Gasteiger partial charge in [0.2, 0.25) is 0 Å². The first-order valence-electron chi connectivity index (χ1n) is 4.60. The third-order valence-corrected chi connectivity index (χ3v) is 2.88. The Morgan fingerprint density at radius 2 is 2.38 bits per heavy atom. The molecule has 0 radical (unpaired) electrons. The highest BCUT2D eigenvalue weighted by Gasteiger charge is 2.46.